The average molecular weight is 335 g/mol. The lowest BCUT2D eigenvalue weighted by atomic mass is 9.99. The van der Waals surface area contributed by atoms with Crippen LogP contribution in [-0.2, 0) is 16.8 Å². The average Bonchev–Trinajstić information content (AvgIpc) is 3.07. The fourth-order valence-electron chi connectivity index (χ4n) is 2.31. The van der Waals surface area contributed by atoms with Crippen molar-refractivity contribution in [3.63, 3.8) is 0 Å². The lowest BCUT2D eigenvalue weighted by Crippen LogP contribution is -2.40. The molecule has 2 atom stereocenters. The molecule has 1 amide bonds. The summed E-state index contributed by atoms with van der Waals surface area (Å²) in [6, 6.07) is 10.3. The largest absolute Gasteiger partial charge is 0.383 e. The lowest BCUT2D eigenvalue weighted by molar-refractivity contribution is -0.125. The molecule has 2 N–H and O–H groups in total. The van der Waals surface area contributed by atoms with Crippen LogP contribution < -0.4 is 5.32 Å². The van der Waals surface area contributed by atoms with E-state index in [0.717, 1.165) is 4.88 Å². The van der Waals surface area contributed by atoms with Gasteiger partial charge in [0.05, 0.1) is 6.54 Å². The summed E-state index contributed by atoms with van der Waals surface area (Å²) in [5.74, 6) is -0.604. The Morgan fingerprint density at radius 2 is 2.09 bits per heavy atom. The molecule has 0 saturated carbocycles. The van der Waals surface area contributed by atoms with Crippen molar-refractivity contribution < 1.29 is 14.3 Å². The van der Waals surface area contributed by atoms with Crippen LogP contribution in [0.1, 0.15) is 30.7 Å². The highest BCUT2D eigenvalue weighted by molar-refractivity contribution is 7.10. The van der Waals surface area contributed by atoms with Crippen LogP contribution in [0.15, 0.2) is 41.8 Å². The number of hydrogen-bond acceptors (Lipinski definition) is 3. The van der Waals surface area contributed by atoms with Crippen LogP contribution in [0.25, 0.3) is 0 Å². The summed E-state index contributed by atoms with van der Waals surface area (Å²) in [4.78, 5) is 13.0. The van der Waals surface area contributed by atoms with Crippen LogP contribution in [0.2, 0.25) is 0 Å². The highest BCUT2D eigenvalue weighted by Gasteiger charge is 2.25. The Hall–Kier alpha value is -1.72. The zero-order valence-electron chi connectivity index (χ0n) is 13.4. The predicted molar refractivity (Wildman–Crippen MR) is 90.8 cm³/mol. The second-order valence-corrected chi connectivity index (χ2v) is 6.95. The number of carbonyl (C=O) groups is 1. The first-order chi connectivity index (χ1) is 10.9. The van der Waals surface area contributed by atoms with E-state index in [9.17, 15) is 14.3 Å². The van der Waals surface area contributed by atoms with Crippen LogP contribution in [-0.4, -0.2) is 17.6 Å². The Balaban J connectivity index is 1.82. The van der Waals surface area contributed by atoms with Gasteiger partial charge in [0, 0.05) is 10.8 Å². The van der Waals surface area contributed by atoms with Crippen LogP contribution in [0.3, 0.4) is 0 Å². The van der Waals surface area contributed by atoms with Crippen molar-refractivity contribution in [3.05, 3.63) is 58.0 Å². The molecular weight excluding hydrogens is 313 g/mol. The van der Waals surface area contributed by atoms with Crippen molar-refractivity contribution in [1.29, 1.82) is 0 Å². The molecule has 3 nitrogen and oxygen atoms in total. The maximum Gasteiger partial charge on any atom is 0.222 e. The molecule has 0 bridgehead atoms. The van der Waals surface area contributed by atoms with Gasteiger partial charge in [0.2, 0.25) is 5.91 Å². The summed E-state index contributed by atoms with van der Waals surface area (Å²) in [7, 11) is 0. The summed E-state index contributed by atoms with van der Waals surface area (Å²) in [6.45, 7) is 3.66. The predicted octanol–water partition coefficient (Wildman–Crippen LogP) is 3.48. The van der Waals surface area contributed by atoms with Crippen molar-refractivity contribution in [1.82, 2.24) is 5.32 Å². The molecule has 0 spiro atoms. The number of aliphatic hydroxyl groups is 1. The van der Waals surface area contributed by atoms with Crippen LogP contribution in [0.4, 0.5) is 4.39 Å². The molecule has 0 aliphatic heterocycles. The minimum absolute atomic E-state index is 0.127. The number of benzene rings is 1. The van der Waals surface area contributed by atoms with E-state index in [1.54, 1.807) is 25.1 Å². The molecule has 1 aromatic heterocycles. The lowest BCUT2D eigenvalue weighted by Gasteiger charge is -2.23. The fourth-order valence-corrected chi connectivity index (χ4v) is 3.10. The third-order valence-corrected chi connectivity index (χ3v) is 5.03. The number of rotatable bonds is 7. The third kappa shape index (κ3) is 4.88. The number of amides is 1. The van der Waals surface area contributed by atoms with Crippen molar-refractivity contribution >= 4 is 17.2 Å². The summed E-state index contributed by atoms with van der Waals surface area (Å²) in [5, 5.41) is 15.1. The summed E-state index contributed by atoms with van der Waals surface area (Å²) >= 11 is 1.46. The van der Waals surface area contributed by atoms with E-state index in [0.29, 0.717) is 18.4 Å². The molecule has 1 aromatic carbocycles. The standard InChI is InChI=1S/C18H22FNO2S/c1-13(9-10-14-6-3-4-7-15(14)19)17(21)20-12-18(2,22)16-8-5-11-23-16/h3-8,11,13,22H,9-10,12H2,1-2H3,(H,20,21). The van der Waals surface area contributed by atoms with Gasteiger partial charge in [0.15, 0.2) is 0 Å². The van der Waals surface area contributed by atoms with E-state index in [1.807, 2.05) is 24.4 Å². The second-order valence-electron chi connectivity index (χ2n) is 6.00. The Bertz CT molecular complexity index is 640. The van der Waals surface area contributed by atoms with Gasteiger partial charge in [-0.1, -0.05) is 31.2 Å². The first-order valence-corrected chi connectivity index (χ1v) is 8.55. The second kappa shape index (κ2) is 7.70. The molecule has 2 rings (SSSR count). The molecule has 5 heteroatoms. The Kier molecular flexibility index (Phi) is 5.91. The van der Waals surface area contributed by atoms with E-state index in [-0.39, 0.29) is 24.2 Å². The monoisotopic (exact) mass is 335 g/mol. The normalized spacial score (nSPS) is 15.0. The smallest absolute Gasteiger partial charge is 0.222 e. The van der Waals surface area contributed by atoms with Gasteiger partial charge in [0.25, 0.3) is 0 Å². The molecular formula is C18H22FNO2S. The molecule has 23 heavy (non-hydrogen) atoms. The van der Waals surface area contributed by atoms with Crippen molar-refractivity contribution in [2.45, 2.75) is 32.3 Å². The summed E-state index contributed by atoms with van der Waals surface area (Å²) in [6.07, 6.45) is 1.08. The summed E-state index contributed by atoms with van der Waals surface area (Å²) in [5.41, 5.74) is -0.451. The van der Waals surface area contributed by atoms with Crippen LogP contribution >= 0.6 is 11.3 Å². The molecule has 0 aliphatic carbocycles. The van der Waals surface area contributed by atoms with E-state index >= 15 is 0 Å². The number of carbonyl (C=O) groups excluding carboxylic acids is 1. The number of aryl methyl sites for hydroxylation is 1. The van der Waals surface area contributed by atoms with Crippen LogP contribution in [0.5, 0.6) is 0 Å². The fraction of sp³-hybridized carbons (Fsp3) is 0.389. The number of thiophene rings is 1. The highest BCUT2D eigenvalue weighted by atomic mass is 32.1. The third-order valence-electron chi connectivity index (χ3n) is 3.91. The van der Waals surface area contributed by atoms with Crippen molar-refractivity contribution in [3.8, 4) is 0 Å². The molecule has 124 valence electrons. The van der Waals surface area contributed by atoms with Gasteiger partial charge in [0.1, 0.15) is 11.4 Å². The zero-order chi connectivity index (χ0) is 16.9. The molecule has 1 heterocycles. The molecule has 0 saturated heterocycles. The first kappa shape index (κ1) is 17.6. The van der Waals surface area contributed by atoms with Crippen molar-refractivity contribution in [2.75, 3.05) is 6.54 Å². The minimum atomic E-state index is -1.07. The van der Waals surface area contributed by atoms with Gasteiger partial charge < -0.3 is 10.4 Å². The maximum atomic E-state index is 13.6. The molecule has 0 aliphatic rings. The molecule has 0 fully saturated rings. The highest BCUT2D eigenvalue weighted by Crippen LogP contribution is 2.24. The van der Waals surface area contributed by atoms with Crippen LogP contribution in [0, 0.1) is 11.7 Å². The minimum Gasteiger partial charge on any atom is -0.383 e. The SMILES string of the molecule is CC(CCc1ccccc1F)C(=O)NCC(C)(O)c1cccs1. The van der Waals surface area contributed by atoms with E-state index in [1.165, 1.54) is 17.4 Å². The van der Waals surface area contributed by atoms with E-state index in [4.69, 9.17) is 0 Å². The molecule has 0 radical (unpaired) electrons. The quantitative estimate of drug-likeness (QED) is 0.814. The molecule has 2 unspecified atom stereocenters. The molecule has 2 aromatic rings. The van der Waals surface area contributed by atoms with E-state index < -0.39 is 5.60 Å². The van der Waals surface area contributed by atoms with Gasteiger partial charge in [-0.3, -0.25) is 4.79 Å². The van der Waals surface area contributed by atoms with Gasteiger partial charge in [-0.25, -0.2) is 4.39 Å². The van der Waals surface area contributed by atoms with Crippen molar-refractivity contribution in [2.24, 2.45) is 5.92 Å². The number of hydrogen-bond donors (Lipinski definition) is 2. The Morgan fingerprint density at radius 1 is 1.35 bits per heavy atom. The van der Waals surface area contributed by atoms with Gasteiger partial charge in [-0.05, 0) is 42.8 Å². The summed E-state index contributed by atoms with van der Waals surface area (Å²) < 4.78 is 13.6. The van der Waals surface area contributed by atoms with Gasteiger partial charge >= 0.3 is 0 Å². The van der Waals surface area contributed by atoms with Gasteiger partial charge in [-0.2, -0.15) is 0 Å². The van der Waals surface area contributed by atoms with Gasteiger partial charge in [-0.15, -0.1) is 11.3 Å². The first-order valence-electron chi connectivity index (χ1n) is 7.67. The maximum absolute atomic E-state index is 13.6. The number of halogens is 1. The topological polar surface area (TPSA) is 49.3 Å². The Labute approximate surface area is 140 Å². The Morgan fingerprint density at radius 3 is 2.74 bits per heavy atom. The zero-order valence-corrected chi connectivity index (χ0v) is 14.2. The number of nitrogens with one attached hydrogen (secondary N) is 1. The van der Waals surface area contributed by atoms with E-state index in [2.05, 4.69) is 5.32 Å².